The topological polar surface area (TPSA) is 49.3 Å². The first-order valence-corrected chi connectivity index (χ1v) is 6.80. The van der Waals surface area contributed by atoms with Crippen LogP contribution in [0.4, 0.5) is 0 Å². The number of carbonyl (C=O) groups is 1. The molecule has 1 amide bonds. The van der Waals surface area contributed by atoms with Crippen molar-refractivity contribution < 1.29 is 9.90 Å². The van der Waals surface area contributed by atoms with Gasteiger partial charge in [-0.3, -0.25) is 4.79 Å². The Morgan fingerprint density at radius 2 is 1.95 bits per heavy atom. The monoisotopic (exact) mass is 257 g/mol. The molecule has 1 aromatic carbocycles. The predicted octanol–water partition coefficient (Wildman–Crippen LogP) is 2.09. The molecule has 19 heavy (non-hydrogen) atoms. The fourth-order valence-electron chi connectivity index (χ4n) is 2.26. The van der Waals surface area contributed by atoms with Gasteiger partial charge in [-0.05, 0) is 37.1 Å². The van der Waals surface area contributed by atoms with Gasteiger partial charge >= 0.3 is 0 Å². The van der Waals surface area contributed by atoms with Crippen molar-refractivity contribution in [3.05, 3.63) is 35.4 Å². The summed E-state index contributed by atoms with van der Waals surface area (Å²) in [6, 6.07) is 7.62. The van der Waals surface area contributed by atoms with Gasteiger partial charge < -0.3 is 10.4 Å². The molecule has 0 spiro atoms. The van der Waals surface area contributed by atoms with Gasteiger partial charge in [0.25, 0.3) is 5.91 Å². The summed E-state index contributed by atoms with van der Waals surface area (Å²) in [5.41, 5.74) is 1.55. The van der Waals surface area contributed by atoms with E-state index >= 15 is 0 Å². The lowest BCUT2D eigenvalue weighted by Crippen LogP contribution is -2.32. The number of benzene rings is 1. The molecule has 0 heterocycles. The highest BCUT2D eigenvalue weighted by Gasteiger charge is 2.17. The number of rotatable bonds is 3. The van der Waals surface area contributed by atoms with Gasteiger partial charge in [0.1, 0.15) is 0 Å². The third-order valence-electron chi connectivity index (χ3n) is 3.31. The van der Waals surface area contributed by atoms with Crippen molar-refractivity contribution in [2.24, 2.45) is 0 Å². The Morgan fingerprint density at radius 1 is 1.26 bits per heavy atom. The van der Waals surface area contributed by atoms with Crippen molar-refractivity contribution in [3.63, 3.8) is 0 Å². The van der Waals surface area contributed by atoms with Crippen LogP contribution in [0.5, 0.6) is 0 Å². The summed E-state index contributed by atoms with van der Waals surface area (Å²) < 4.78 is 0. The van der Waals surface area contributed by atoms with Crippen LogP contribution < -0.4 is 5.32 Å². The third-order valence-corrected chi connectivity index (χ3v) is 3.31. The summed E-state index contributed by atoms with van der Waals surface area (Å²) in [5.74, 6) is 5.80. The van der Waals surface area contributed by atoms with Gasteiger partial charge in [0.2, 0.25) is 0 Å². The minimum Gasteiger partial charge on any atom is -0.395 e. The molecule has 0 bridgehead atoms. The molecule has 2 N–H and O–H groups in total. The summed E-state index contributed by atoms with van der Waals surface area (Å²) in [7, 11) is 0. The van der Waals surface area contributed by atoms with Crippen LogP contribution in [0, 0.1) is 11.8 Å². The second-order valence-electron chi connectivity index (χ2n) is 4.81. The van der Waals surface area contributed by atoms with Gasteiger partial charge in [0, 0.05) is 23.6 Å². The molecule has 1 fully saturated rings. The average molecular weight is 257 g/mol. The number of carbonyl (C=O) groups excluding carboxylic acids is 1. The van der Waals surface area contributed by atoms with Crippen LogP contribution in [-0.2, 0) is 0 Å². The van der Waals surface area contributed by atoms with Crippen LogP contribution in [0.3, 0.4) is 0 Å². The molecule has 1 aliphatic carbocycles. The Labute approximate surface area is 114 Å². The maximum atomic E-state index is 12.0. The zero-order chi connectivity index (χ0) is 13.5. The molecule has 0 saturated heterocycles. The van der Waals surface area contributed by atoms with Crippen molar-refractivity contribution in [3.8, 4) is 11.8 Å². The zero-order valence-corrected chi connectivity index (χ0v) is 11.0. The van der Waals surface area contributed by atoms with Gasteiger partial charge in [0.15, 0.2) is 0 Å². The van der Waals surface area contributed by atoms with E-state index in [0.717, 1.165) is 18.4 Å². The zero-order valence-electron chi connectivity index (χ0n) is 11.0. The van der Waals surface area contributed by atoms with Crippen LogP contribution in [0.15, 0.2) is 24.3 Å². The molecule has 3 nitrogen and oxygen atoms in total. The number of hydrogen-bond acceptors (Lipinski definition) is 2. The van der Waals surface area contributed by atoms with Crippen molar-refractivity contribution in [1.29, 1.82) is 0 Å². The van der Waals surface area contributed by atoms with Crippen molar-refractivity contribution >= 4 is 5.91 Å². The van der Waals surface area contributed by atoms with Gasteiger partial charge in [-0.1, -0.05) is 24.7 Å². The summed E-state index contributed by atoms with van der Waals surface area (Å²) in [4.78, 5) is 12.0. The van der Waals surface area contributed by atoms with E-state index in [9.17, 15) is 4.79 Å². The van der Waals surface area contributed by atoms with Crippen LogP contribution in [0.2, 0.25) is 0 Å². The van der Waals surface area contributed by atoms with Gasteiger partial charge in [-0.15, -0.1) is 0 Å². The summed E-state index contributed by atoms with van der Waals surface area (Å²) in [5, 5.41) is 11.7. The van der Waals surface area contributed by atoms with Crippen LogP contribution in [0.25, 0.3) is 0 Å². The average Bonchev–Trinajstić information content (AvgIpc) is 2.93. The minimum atomic E-state index is 0.00164. The van der Waals surface area contributed by atoms with E-state index in [1.165, 1.54) is 12.8 Å². The SMILES string of the molecule is O=C(NC1CCCC1)c1ccc(C#CCCO)cc1. The number of nitrogens with one attached hydrogen (secondary N) is 1. The highest BCUT2D eigenvalue weighted by atomic mass is 16.2. The maximum Gasteiger partial charge on any atom is 0.251 e. The summed E-state index contributed by atoms with van der Waals surface area (Å²) >= 11 is 0. The van der Waals surface area contributed by atoms with Crippen molar-refractivity contribution in [2.75, 3.05) is 6.61 Å². The van der Waals surface area contributed by atoms with Crippen LogP contribution >= 0.6 is 0 Å². The first-order valence-electron chi connectivity index (χ1n) is 6.80. The second kappa shape index (κ2) is 6.96. The van der Waals surface area contributed by atoms with E-state index in [4.69, 9.17) is 5.11 Å². The van der Waals surface area contributed by atoms with E-state index in [-0.39, 0.29) is 12.5 Å². The quantitative estimate of drug-likeness (QED) is 0.815. The summed E-state index contributed by atoms with van der Waals surface area (Å²) in [6.07, 6.45) is 5.09. The lowest BCUT2D eigenvalue weighted by molar-refractivity contribution is 0.0938. The van der Waals surface area contributed by atoms with E-state index in [2.05, 4.69) is 17.2 Å². The number of aliphatic hydroxyl groups is 1. The second-order valence-corrected chi connectivity index (χ2v) is 4.81. The number of hydrogen-bond donors (Lipinski definition) is 2. The molecule has 1 aromatic rings. The number of amides is 1. The minimum absolute atomic E-state index is 0.00164. The maximum absolute atomic E-state index is 12.0. The third kappa shape index (κ3) is 4.11. The first kappa shape index (κ1) is 13.6. The standard InChI is InChI=1S/C16H19NO2/c18-12-4-3-5-13-8-10-14(11-9-13)16(19)17-15-6-1-2-7-15/h8-11,15,18H,1-2,4,6-7,12H2,(H,17,19). The fraction of sp³-hybridized carbons (Fsp3) is 0.438. The highest BCUT2D eigenvalue weighted by molar-refractivity contribution is 5.94. The molecule has 0 radical (unpaired) electrons. The van der Waals surface area contributed by atoms with E-state index in [0.29, 0.717) is 18.0 Å². The normalized spacial score (nSPS) is 14.8. The lowest BCUT2D eigenvalue weighted by Gasteiger charge is -2.11. The molecule has 3 heteroatoms. The molecular formula is C16H19NO2. The molecule has 100 valence electrons. The van der Waals surface area contributed by atoms with Crippen molar-refractivity contribution in [1.82, 2.24) is 5.32 Å². The summed E-state index contributed by atoms with van der Waals surface area (Å²) in [6.45, 7) is 0.0783. The highest BCUT2D eigenvalue weighted by Crippen LogP contribution is 2.18. The predicted molar refractivity (Wildman–Crippen MR) is 74.7 cm³/mol. The fourth-order valence-corrected chi connectivity index (χ4v) is 2.26. The Bertz CT molecular complexity index is 476. The molecule has 0 atom stereocenters. The number of aliphatic hydroxyl groups excluding tert-OH is 1. The molecule has 0 aliphatic heterocycles. The first-order chi connectivity index (χ1) is 9.29. The molecule has 0 aromatic heterocycles. The Kier molecular flexibility index (Phi) is 5.00. The molecule has 2 rings (SSSR count). The van der Waals surface area contributed by atoms with E-state index < -0.39 is 0 Å². The van der Waals surface area contributed by atoms with E-state index in [1.807, 2.05) is 12.1 Å². The van der Waals surface area contributed by atoms with Crippen LogP contribution in [-0.4, -0.2) is 23.7 Å². The molecule has 0 unspecified atom stereocenters. The van der Waals surface area contributed by atoms with Gasteiger partial charge in [-0.2, -0.15) is 0 Å². The van der Waals surface area contributed by atoms with Crippen LogP contribution in [0.1, 0.15) is 48.0 Å². The molecular weight excluding hydrogens is 238 g/mol. The largest absolute Gasteiger partial charge is 0.395 e. The van der Waals surface area contributed by atoms with Gasteiger partial charge in [0.05, 0.1) is 6.61 Å². The Hall–Kier alpha value is -1.79. The lowest BCUT2D eigenvalue weighted by atomic mass is 10.1. The Morgan fingerprint density at radius 3 is 2.58 bits per heavy atom. The van der Waals surface area contributed by atoms with Gasteiger partial charge in [-0.25, -0.2) is 0 Å². The smallest absolute Gasteiger partial charge is 0.251 e. The molecule has 1 saturated carbocycles. The molecule has 1 aliphatic rings. The van der Waals surface area contributed by atoms with E-state index in [1.54, 1.807) is 12.1 Å². The van der Waals surface area contributed by atoms with Crippen molar-refractivity contribution in [2.45, 2.75) is 38.1 Å². The Balaban J connectivity index is 1.94.